The van der Waals surface area contributed by atoms with Crippen molar-refractivity contribution in [1.82, 2.24) is 0 Å². The Morgan fingerprint density at radius 3 is 2.64 bits per heavy atom. The van der Waals surface area contributed by atoms with Crippen LogP contribution in [0.4, 0.5) is 8.78 Å². The number of aryl methyl sites for hydroxylation is 1. The summed E-state index contributed by atoms with van der Waals surface area (Å²) in [6.45, 7) is 1.70. The Labute approximate surface area is 81.4 Å². The third-order valence-corrected chi connectivity index (χ3v) is 2.10. The molecule has 0 spiro atoms. The highest BCUT2D eigenvalue weighted by Crippen LogP contribution is 2.28. The molecule has 3 N–H and O–H groups in total. The first-order valence-electron chi connectivity index (χ1n) is 4.34. The van der Waals surface area contributed by atoms with E-state index in [1.54, 1.807) is 25.1 Å². The van der Waals surface area contributed by atoms with Gasteiger partial charge in [0.15, 0.2) is 0 Å². The second-order valence-corrected chi connectivity index (χ2v) is 3.25. The summed E-state index contributed by atoms with van der Waals surface area (Å²) in [5.74, 6) is 0.0145. The van der Waals surface area contributed by atoms with Gasteiger partial charge in [-0.3, -0.25) is 0 Å². The van der Waals surface area contributed by atoms with Gasteiger partial charge >= 0.3 is 0 Å². The Morgan fingerprint density at radius 1 is 1.43 bits per heavy atom. The van der Waals surface area contributed by atoms with E-state index in [-0.39, 0.29) is 5.75 Å². The molecule has 0 amide bonds. The second-order valence-electron chi connectivity index (χ2n) is 3.25. The van der Waals surface area contributed by atoms with E-state index in [1.807, 2.05) is 0 Å². The van der Waals surface area contributed by atoms with E-state index >= 15 is 0 Å². The maximum Gasteiger partial charge on any atom is 0.240 e. The van der Waals surface area contributed by atoms with E-state index in [0.717, 1.165) is 0 Å². The molecule has 0 unspecified atom stereocenters. The smallest absolute Gasteiger partial charge is 0.240 e. The van der Waals surface area contributed by atoms with Gasteiger partial charge in [-0.25, -0.2) is 8.78 Å². The van der Waals surface area contributed by atoms with Gasteiger partial charge in [-0.15, -0.1) is 0 Å². The van der Waals surface area contributed by atoms with Crippen molar-refractivity contribution in [2.24, 2.45) is 5.73 Å². The Balaban J connectivity index is 2.89. The molecule has 0 heterocycles. The van der Waals surface area contributed by atoms with Crippen LogP contribution >= 0.6 is 0 Å². The van der Waals surface area contributed by atoms with Crippen LogP contribution in [0.2, 0.25) is 0 Å². The highest BCUT2D eigenvalue weighted by Gasteiger charge is 2.16. The fourth-order valence-electron chi connectivity index (χ4n) is 1.30. The molecule has 14 heavy (non-hydrogen) atoms. The monoisotopic (exact) mass is 201 g/mol. The zero-order valence-corrected chi connectivity index (χ0v) is 7.87. The lowest BCUT2D eigenvalue weighted by Crippen LogP contribution is -2.14. The van der Waals surface area contributed by atoms with Crippen LogP contribution in [0.15, 0.2) is 18.2 Å². The largest absolute Gasteiger partial charge is 0.507 e. The highest BCUT2D eigenvalue weighted by molar-refractivity contribution is 5.41. The molecule has 1 atom stereocenters. The maximum atomic E-state index is 12.0. The summed E-state index contributed by atoms with van der Waals surface area (Å²) in [6, 6.07) is 4.15. The summed E-state index contributed by atoms with van der Waals surface area (Å²) in [5.41, 5.74) is 6.55. The van der Waals surface area contributed by atoms with Gasteiger partial charge in [-0.2, -0.15) is 0 Å². The van der Waals surface area contributed by atoms with Crippen LogP contribution in [0.1, 0.15) is 23.6 Å². The molecule has 0 aliphatic carbocycles. The Kier molecular flexibility index (Phi) is 3.41. The van der Waals surface area contributed by atoms with E-state index in [2.05, 4.69) is 0 Å². The number of alkyl halides is 2. The van der Waals surface area contributed by atoms with Crippen molar-refractivity contribution in [3.8, 4) is 5.75 Å². The number of rotatable bonds is 3. The number of aromatic hydroxyl groups is 1. The number of para-hydroxylation sites is 1. The lowest BCUT2D eigenvalue weighted by Gasteiger charge is -2.14. The SMILES string of the molecule is Cc1cccc([C@H](N)CC(F)F)c1O. The summed E-state index contributed by atoms with van der Waals surface area (Å²) in [5, 5.41) is 9.56. The van der Waals surface area contributed by atoms with E-state index < -0.39 is 18.9 Å². The number of benzene rings is 1. The third-order valence-electron chi connectivity index (χ3n) is 2.10. The molecule has 0 fully saturated rings. The van der Waals surface area contributed by atoms with Crippen LogP contribution in [0.5, 0.6) is 5.75 Å². The maximum absolute atomic E-state index is 12.0. The third kappa shape index (κ3) is 2.42. The molecule has 0 bridgehead atoms. The summed E-state index contributed by atoms with van der Waals surface area (Å²) in [4.78, 5) is 0. The lowest BCUT2D eigenvalue weighted by atomic mass is 10.0. The highest BCUT2D eigenvalue weighted by atomic mass is 19.3. The van der Waals surface area contributed by atoms with Crippen molar-refractivity contribution in [3.05, 3.63) is 29.3 Å². The topological polar surface area (TPSA) is 46.2 Å². The first-order chi connectivity index (χ1) is 6.52. The lowest BCUT2D eigenvalue weighted by molar-refractivity contribution is 0.128. The predicted molar refractivity (Wildman–Crippen MR) is 50.4 cm³/mol. The molecule has 0 radical (unpaired) electrons. The Bertz CT molecular complexity index is 315. The molecule has 1 rings (SSSR count). The molecule has 0 aromatic heterocycles. The molecule has 1 aromatic carbocycles. The summed E-state index contributed by atoms with van der Waals surface area (Å²) in [7, 11) is 0. The van der Waals surface area contributed by atoms with Gasteiger partial charge in [0.25, 0.3) is 0 Å². The van der Waals surface area contributed by atoms with Crippen LogP contribution in [-0.2, 0) is 0 Å². The molecular formula is C10H13F2NO. The van der Waals surface area contributed by atoms with Gasteiger partial charge in [0, 0.05) is 18.0 Å². The van der Waals surface area contributed by atoms with Crippen molar-refractivity contribution in [2.45, 2.75) is 25.8 Å². The second kappa shape index (κ2) is 4.37. The fourth-order valence-corrected chi connectivity index (χ4v) is 1.30. The van der Waals surface area contributed by atoms with Gasteiger partial charge in [0.2, 0.25) is 6.43 Å². The van der Waals surface area contributed by atoms with Gasteiger partial charge < -0.3 is 10.8 Å². The Hall–Kier alpha value is -1.16. The van der Waals surface area contributed by atoms with Crippen molar-refractivity contribution >= 4 is 0 Å². The molecule has 2 nitrogen and oxygen atoms in total. The average molecular weight is 201 g/mol. The fraction of sp³-hybridized carbons (Fsp3) is 0.400. The zero-order valence-electron chi connectivity index (χ0n) is 7.87. The average Bonchev–Trinajstić information content (AvgIpc) is 2.08. The van der Waals surface area contributed by atoms with Gasteiger partial charge in [-0.05, 0) is 12.5 Å². The van der Waals surface area contributed by atoms with Gasteiger partial charge in [0.05, 0.1) is 0 Å². The van der Waals surface area contributed by atoms with Gasteiger partial charge in [0.1, 0.15) is 5.75 Å². The van der Waals surface area contributed by atoms with Gasteiger partial charge in [-0.1, -0.05) is 18.2 Å². The number of hydrogen-bond donors (Lipinski definition) is 2. The normalized spacial score (nSPS) is 13.2. The van der Waals surface area contributed by atoms with Crippen molar-refractivity contribution in [3.63, 3.8) is 0 Å². The molecular weight excluding hydrogens is 188 g/mol. The van der Waals surface area contributed by atoms with Crippen LogP contribution in [0, 0.1) is 6.92 Å². The number of nitrogens with two attached hydrogens (primary N) is 1. The number of hydrogen-bond acceptors (Lipinski definition) is 2. The minimum Gasteiger partial charge on any atom is -0.507 e. The van der Waals surface area contributed by atoms with Crippen molar-refractivity contribution < 1.29 is 13.9 Å². The van der Waals surface area contributed by atoms with Crippen LogP contribution < -0.4 is 5.73 Å². The zero-order chi connectivity index (χ0) is 10.7. The quantitative estimate of drug-likeness (QED) is 0.788. The first kappa shape index (κ1) is 10.9. The number of phenols is 1. The molecule has 0 saturated heterocycles. The molecule has 4 heteroatoms. The van der Waals surface area contributed by atoms with Crippen molar-refractivity contribution in [1.29, 1.82) is 0 Å². The summed E-state index contributed by atoms with van der Waals surface area (Å²) in [6.07, 6.45) is -2.89. The van der Waals surface area contributed by atoms with E-state index in [9.17, 15) is 13.9 Å². The molecule has 0 aliphatic rings. The molecule has 1 aromatic rings. The minimum absolute atomic E-state index is 0.0145. The Morgan fingerprint density at radius 2 is 2.07 bits per heavy atom. The summed E-state index contributed by atoms with van der Waals surface area (Å²) < 4.78 is 24.1. The van der Waals surface area contributed by atoms with E-state index in [1.165, 1.54) is 0 Å². The van der Waals surface area contributed by atoms with Crippen LogP contribution in [-0.4, -0.2) is 11.5 Å². The molecule has 78 valence electrons. The van der Waals surface area contributed by atoms with Crippen LogP contribution in [0.3, 0.4) is 0 Å². The van der Waals surface area contributed by atoms with Crippen molar-refractivity contribution in [2.75, 3.05) is 0 Å². The predicted octanol–water partition coefficient (Wildman–Crippen LogP) is 2.36. The number of phenolic OH excluding ortho intramolecular Hbond substituents is 1. The standard InChI is InChI=1S/C10H13F2NO/c1-6-3-2-4-7(10(6)14)8(13)5-9(11)12/h2-4,8-9,14H,5,13H2,1H3/t8-/m1/s1. The van der Waals surface area contributed by atoms with E-state index in [4.69, 9.17) is 5.73 Å². The number of halogens is 2. The molecule has 0 saturated carbocycles. The van der Waals surface area contributed by atoms with Crippen LogP contribution in [0.25, 0.3) is 0 Å². The minimum atomic E-state index is -2.45. The van der Waals surface area contributed by atoms with E-state index in [0.29, 0.717) is 11.1 Å². The first-order valence-corrected chi connectivity index (χ1v) is 4.34. The summed E-state index contributed by atoms with van der Waals surface area (Å²) >= 11 is 0. The molecule has 0 aliphatic heterocycles.